The molecule has 3 aromatic rings. The van der Waals surface area contributed by atoms with E-state index in [2.05, 4.69) is 22.2 Å². The van der Waals surface area contributed by atoms with E-state index in [1.807, 2.05) is 12.1 Å². The Hall–Kier alpha value is -3.26. The number of hydrogen-bond acceptors (Lipinski definition) is 5. The monoisotopic (exact) mass is 384 g/mol. The Balaban J connectivity index is 0.000000162. The number of likely N-dealkylation sites (tertiary alicyclic amines) is 1. The number of benzene rings is 1. The highest BCUT2D eigenvalue weighted by Gasteiger charge is 2.20. The number of anilines is 1. The van der Waals surface area contributed by atoms with Crippen LogP contribution in [0, 0.1) is 5.82 Å². The molecule has 0 spiro atoms. The minimum Gasteiger partial charge on any atom is -0.430 e. The number of aromatic nitrogens is 1. The quantitative estimate of drug-likeness (QED) is 0.674. The summed E-state index contributed by atoms with van der Waals surface area (Å²) < 4.78 is 17.7. The van der Waals surface area contributed by atoms with E-state index in [-0.39, 0.29) is 23.0 Å². The van der Waals surface area contributed by atoms with Gasteiger partial charge in [0.25, 0.3) is 5.91 Å². The minimum atomic E-state index is -0.752. The number of nitrogens with zero attached hydrogens (tertiary/aromatic N) is 2. The van der Waals surface area contributed by atoms with Crippen LogP contribution in [-0.4, -0.2) is 42.3 Å². The molecule has 1 aliphatic heterocycles. The van der Waals surface area contributed by atoms with Crippen molar-refractivity contribution in [3.63, 3.8) is 0 Å². The number of halogens is 1. The van der Waals surface area contributed by atoms with Crippen LogP contribution in [0.25, 0.3) is 11.1 Å². The molecular weight excluding hydrogens is 363 g/mol. The van der Waals surface area contributed by atoms with E-state index in [4.69, 9.17) is 10.2 Å². The van der Waals surface area contributed by atoms with Gasteiger partial charge in [-0.25, -0.2) is 9.37 Å². The third-order valence-corrected chi connectivity index (χ3v) is 4.63. The number of carbonyl (C=O) groups excluding carboxylic acids is 2. The van der Waals surface area contributed by atoms with Gasteiger partial charge in [0.1, 0.15) is 11.5 Å². The number of fused-ring (bicyclic) bond motifs is 1. The summed E-state index contributed by atoms with van der Waals surface area (Å²) in [5.41, 5.74) is 6.87. The van der Waals surface area contributed by atoms with E-state index in [1.54, 1.807) is 24.3 Å². The van der Waals surface area contributed by atoms with Crippen molar-refractivity contribution in [1.29, 1.82) is 0 Å². The van der Waals surface area contributed by atoms with Crippen LogP contribution in [0.1, 0.15) is 28.5 Å². The topological polar surface area (TPSA) is 101 Å². The van der Waals surface area contributed by atoms with E-state index in [0.717, 1.165) is 13.1 Å². The number of amides is 2. The zero-order valence-corrected chi connectivity index (χ0v) is 15.4. The van der Waals surface area contributed by atoms with Gasteiger partial charge in [0.2, 0.25) is 17.9 Å². The molecule has 1 aliphatic rings. The Morgan fingerprint density at radius 3 is 2.71 bits per heavy atom. The highest BCUT2D eigenvalue weighted by Crippen LogP contribution is 2.28. The molecule has 2 amide bonds. The summed E-state index contributed by atoms with van der Waals surface area (Å²) >= 11 is 0. The van der Waals surface area contributed by atoms with E-state index >= 15 is 0 Å². The predicted molar refractivity (Wildman–Crippen MR) is 103 cm³/mol. The van der Waals surface area contributed by atoms with Crippen LogP contribution in [0.4, 0.5) is 10.1 Å². The lowest BCUT2D eigenvalue weighted by atomic mass is 9.99. The SMILES string of the molecule is CN1CCC(c2ccc(F)cc2)C1.NC(=O)c1oc2ncccc2c1NC=O. The summed E-state index contributed by atoms with van der Waals surface area (Å²) in [5, 5.41) is 2.91. The van der Waals surface area contributed by atoms with E-state index in [0.29, 0.717) is 17.7 Å². The smallest absolute Gasteiger partial charge is 0.286 e. The van der Waals surface area contributed by atoms with E-state index in [1.165, 1.54) is 18.2 Å². The number of nitrogens with one attached hydrogen (secondary N) is 1. The summed E-state index contributed by atoms with van der Waals surface area (Å²) in [5.74, 6) is -0.395. The van der Waals surface area contributed by atoms with Gasteiger partial charge in [-0.15, -0.1) is 0 Å². The van der Waals surface area contributed by atoms with Crippen LogP contribution in [0.15, 0.2) is 47.0 Å². The number of likely N-dealkylation sites (N-methyl/N-ethyl adjacent to an activating group) is 1. The van der Waals surface area contributed by atoms with Crippen molar-refractivity contribution in [1.82, 2.24) is 9.88 Å². The molecule has 0 aliphatic carbocycles. The molecule has 1 saturated heterocycles. The summed E-state index contributed by atoms with van der Waals surface area (Å²) in [4.78, 5) is 27.6. The molecule has 4 rings (SSSR count). The lowest BCUT2D eigenvalue weighted by Gasteiger charge is -2.10. The lowest BCUT2D eigenvalue weighted by molar-refractivity contribution is -0.105. The second-order valence-corrected chi connectivity index (χ2v) is 6.59. The number of carbonyl (C=O) groups is 2. The summed E-state index contributed by atoms with van der Waals surface area (Å²) in [7, 11) is 2.13. The standard InChI is InChI=1S/C11H14FN.C9H7N3O3/c1-13-7-6-10(8-13)9-2-4-11(12)5-3-9;10-8(14)7-6(12-4-13)5-2-1-3-11-9(5)15-7/h2-5,10H,6-8H2,1H3;1-4H,(H2,10,14)(H,12,13). The fourth-order valence-corrected chi connectivity index (χ4v) is 3.25. The molecule has 1 aromatic carbocycles. The largest absolute Gasteiger partial charge is 0.430 e. The summed E-state index contributed by atoms with van der Waals surface area (Å²) in [6.45, 7) is 2.26. The van der Waals surface area contributed by atoms with Crippen molar-refractivity contribution >= 4 is 29.1 Å². The third kappa shape index (κ3) is 4.34. The highest BCUT2D eigenvalue weighted by molar-refractivity contribution is 6.07. The van der Waals surface area contributed by atoms with Crippen molar-refractivity contribution in [2.45, 2.75) is 12.3 Å². The van der Waals surface area contributed by atoms with Crippen LogP contribution in [-0.2, 0) is 4.79 Å². The molecule has 146 valence electrons. The van der Waals surface area contributed by atoms with Gasteiger partial charge in [0, 0.05) is 12.7 Å². The van der Waals surface area contributed by atoms with Crippen LogP contribution >= 0.6 is 0 Å². The molecule has 1 fully saturated rings. The molecule has 28 heavy (non-hydrogen) atoms. The van der Waals surface area contributed by atoms with Gasteiger partial charge in [-0.2, -0.15) is 0 Å². The first-order valence-corrected chi connectivity index (χ1v) is 8.81. The predicted octanol–water partition coefficient (Wildman–Crippen LogP) is 2.74. The van der Waals surface area contributed by atoms with Gasteiger partial charge in [-0.1, -0.05) is 12.1 Å². The Morgan fingerprint density at radius 1 is 1.36 bits per heavy atom. The first-order chi connectivity index (χ1) is 13.5. The Labute approximate surface area is 161 Å². The Bertz CT molecular complexity index is 971. The zero-order valence-electron chi connectivity index (χ0n) is 15.4. The number of primary amides is 1. The molecule has 0 bridgehead atoms. The normalized spacial score (nSPS) is 16.4. The molecule has 1 unspecified atom stereocenters. The maximum Gasteiger partial charge on any atom is 0.286 e. The van der Waals surface area contributed by atoms with Crippen LogP contribution in [0.2, 0.25) is 0 Å². The average Bonchev–Trinajstić information content (AvgIpc) is 3.28. The maximum atomic E-state index is 12.6. The molecule has 3 heterocycles. The van der Waals surface area contributed by atoms with Crippen molar-refractivity contribution in [3.8, 4) is 0 Å². The van der Waals surface area contributed by atoms with Crippen LogP contribution in [0.5, 0.6) is 0 Å². The van der Waals surface area contributed by atoms with Gasteiger partial charge >= 0.3 is 0 Å². The Kier molecular flexibility index (Phi) is 6.00. The highest BCUT2D eigenvalue weighted by atomic mass is 19.1. The van der Waals surface area contributed by atoms with Crippen molar-refractivity contribution in [3.05, 3.63) is 59.7 Å². The maximum absolute atomic E-state index is 12.6. The Morgan fingerprint density at radius 2 is 2.11 bits per heavy atom. The second kappa shape index (κ2) is 8.62. The number of nitrogens with two attached hydrogens (primary N) is 1. The molecule has 8 heteroatoms. The molecule has 7 nitrogen and oxygen atoms in total. The average molecular weight is 384 g/mol. The van der Waals surface area contributed by atoms with Crippen LogP contribution in [0.3, 0.4) is 0 Å². The minimum absolute atomic E-state index is 0.101. The summed E-state index contributed by atoms with van der Waals surface area (Å²) in [6.07, 6.45) is 3.16. The van der Waals surface area contributed by atoms with Crippen molar-refractivity contribution in [2.24, 2.45) is 5.73 Å². The molecule has 0 saturated carbocycles. The van der Waals surface area contributed by atoms with Crippen molar-refractivity contribution < 1.29 is 18.4 Å². The van der Waals surface area contributed by atoms with Gasteiger partial charge in [-0.3, -0.25) is 9.59 Å². The number of hydrogen-bond donors (Lipinski definition) is 2. The van der Waals surface area contributed by atoms with Gasteiger partial charge in [-0.05, 0) is 55.8 Å². The third-order valence-electron chi connectivity index (χ3n) is 4.63. The lowest BCUT2D eigenvalue weighted by Crippen LogP contribution is -2.13. The molecule has 3 N–H and O–H groups in total. The summed E-state index contributed by atoms with van der Waals surface area (Å²) in [6, 6.07) is 10.2. The van der Waals surface area contributed by atoms with Crippen molar-refractivity contribution in [2.75, 3.05) is 25.5 Å². The second-order valence-electron chi connectivity index (χ2n) is 6.59. The fraction of sp³-hybridized carbons (Fsp3) is 0.250. The fourth-order valence-electron chi connectivity index (χ4n) is 3.25. The number of pyridine rings is 1. The number of furan rings is 1. The van der Waals surface area contributed by atoms with E-state index < -0.39 is 5.91 Å². The van der Waals surface area contributed by atoms with E-state index in [9.17, 15) is 14.0 Å². The number of rotatable bonds is 4. The van der Waals surface area contributed by atoms with Gasteiger partial charge in [0.05, 0.1) is 5.39 Å². The van der Waals surface area contributed by atoms with Gasteiger partial charge < -0.3 is 20.4 Å². The van der Waals surface area contributed by atoms with Gasteiger partial charge in [0.15, 0.2) is 0 Å². The first kappa shape index (κ1) is 19.5. The van der Waals surface area contributed by atoms with Crippen LogP contribution < -0.4 is 11.1 Å². The molecule has 2 aromatic heterocycles. The molecule has 0 radical (unpaired) electrons. The first-order valence-electron chi connectivity index (χ1n) is 8.81. The molecular formula is C20H21FN4O3. The zero-order chi connectivity index (χ0) is 20.1. The molecule has 1 atom stereocenters.